The van der Waals surface area contributed by atoms with Crippen LogP contribution in [-0.4, -0.2) is 14.7 Å². The van der Waals surface area contributed by atoms with E-state index in [4.69, 9.17) is 19.2 Å². The molecule has 0 aliphatic heterocycles. The van der Waals surface area contributed by atoms with Crippen molar-refractivity contribution in [3.8, 4) is 0 Å². The van der Waals surface area contributed by atoms with Crippen LogP contribution in [0.5, 0.6) is 0 Å². The molecule has 0 aliphatic carbocycles. The first-order valence-electron chi connectivity index (χ1n) is 0.783. The summed E-state index contributed by atoms with van der Waals surface area (Å²) in [5.74, 6) is 0. The minimum atomic E-state index is -4.64. The smallest absolute Gasteiger partial charge is 1.00 e. The molecule has 0 aromatic carbocycles. The van der Waals surface area contributed by atoms with Gasteiger partial charge in [-0.2, -0.15) is 0 Å². The van der Waals surface area contributed by atoms with Crippen LogP contribution in [0.25, 0.3) is 0 Å². The summed E-state index contributed by atoms with van der Waals surface area (Å²) in [5.41, 5.74) is 0. The summed E-state index contributed by atoms with van der Waals surface area (Å²) in [6.45, 7) is 0. The predicted molar refractivity (Wildman–Crippen MR) is 15.4 cm³/mol. The van der Waals surface area contributed by atoms with Crippen LogP contribution in [0.15, 0.2) is 0 Å². The van der Waals surface area contributed by atoms with Crippen LogP contribution in [0.2, 0.25) is 0 Å². The molecule has 0 amide bonds. The maximum absolute atomic E-state index is 8.88. The van der Waals surface area contributed by atoms with E-state index in [1.54, 1.807) is 0 Å². The van der Waals surface area contributed by atoms with Gasteiger partial charge in [0.15, 0.2) is 0 Å². The van der Waals surface area contributed by atoms with Gasteiger partial charge in [0.25, 0.3) is 0 Å². The van der Waals surface area contributed by atoms with E-state index in [0.29, 0.717) is 0 Å². The summed E-state index contributed by atoms with van der Waals surface area (Å²) >= 11 is 0. The van der Waals surface area contributed by atoms with Crippen molar-refractivity contribution < 1.29 is 94.3 Å². The molecule has 4 nitrogen and oxygen atoms in total. The molecule has 0 aromatic heterocycles. The van der Waals surface area contributed by atoms with Crippen LogP contribution in [-0.2, 0) is 48.7 Å². The van der Waals surface area contributed by atoms with E-state index in [0.717, 1.165) is 0 Å². The molecule has 0 heterocycles. The molecule has 43 valence electrons. The van der Waals surface area contributed by atoms with E-state index in [9.17, 15) is 0 Å². The second-order valence-corrected chi connectivity index (χ2v) is 1.54. The largest absolute Gasteiger partial charge is 1.00 e. The third kappa shape index (κ3) is 74.5. The molecular weight excluding hydrogens is 259 g/mol. The summed E-state index contributed by atoms with van der Waals surface area (Å²) in [7, 11) is -4.64. The van der Waals surface area contributed by atoms with Crippen molar-refractivity contribution in [2.45, 2.75) is 0 Å². The Morgan fingerprint density at radius 2 is 1.25 bits per heavy atom. The zero-order chi connectivity index (χ0) is 4.50. The van der Waals surface area contributed by atoms with Crippen LogP contribution in [0, 0.1) is 0 Å². The van der Waals surface area contributed by atoms with Gasteiger partial charge in [-0.15, -0.1) is 0 Å². The molecule has 0 spiro atoms. The molecule has 0 aromatic rings. The molecule has 1 radical (unpaired) electrons. The van der Waals surface area contributed by atoms with Crippen molar-refractivity contribution in [1.29, 1.82) is 0 Å². The minimum Gasteiger partial charge on any atom is -1.00 e. The first-order chi connectivity index (χ1) is 2.00. The Balaban J connectivity index is -0.0000000133. The Bertz CT molecular complexity index is 66.7. The van der Waals surface area contributed by atoms with Crippen molar-refractivity contribution in [2.24, 2.45) is 0 Å². The number of phosphoric acid groups is 1. The number of hydrogen-bond donors (Lipinski definition) is 3. The standard InChI is InChI=1S/Na.Nb.H3O4P.Ti.H/c;;1-5(2,3)4;;/h;;(H3,1,2,3,4);;/q+1;;;;-1. The Kier molecular flexibility index (Phi) is 26.8. The second kappa shape index (κ2) is 9.56. The zero-order valence-corrected chi connectivity index (χ0v) is 10.8. The number of hydrogen-bond acceptors (Lipinski definition) is 1. The molecular formula is H4NaNbO4PTi. The second-order valence-electron chi connectivity index (χ2n) is 0.513. The fraction of sp³-hybridized carbons (Fsp3) is 0. The molecule has 0 rings (SSSR count). The van der Waals surface area contributed by atoms with Gasteiger partial charge < -0.3 is 16.1 Å². The van der Waals surface area contributed by atoms with E-state index in [1.165, 1.54) is 0 Å². The Labute approximate surface area is 101 Å². The van der Waals surface area contributed by atoms with E-state index in [2.05, 4.69) is 0 Å². The van der Waals surface area contributed by atoms with Crippen molar-refractivity contribution in [3.63, 3.8) is 0 Å². The van der Waals surface area contributed by atoms with Crippen LogP contribution >= 0.6 is 7.82 Å². The first kappa shape index (κ1) is 22.4. The molecule has 0 bridgehead atoms. The van der Waals surface area contributed by atoms with Crippen molar-refractivity contribution in [3.05, 3.63) is 0 Å². The van der Waals surface area contributed by atoms with Gasteiger partial charge in [0, 0.05) is 44.1 Å². The summed E-state index contributed by atoms with van der Waals surface area (Å²) in [6, 6.07) is 0. The third-order valence-electron chi connectivity index (χ3n) is 0. The van der Waals surface area contributed by atoms with Gasteiger partial charge >= 0.3 is 37.4 Å². The average molecular weight is 263 g/mol. The SMILES string of the molecule is O=P(O)(O)O.[H-].[Na+].[Nb].[Ti]. The van der Waals surface area contributed by atoms with Crippen molar-refractivity contribution >= 4 is 7.82 Å². The van der Waals surface area contributed by atoms with Crippen molar-refractivity contribution in [2.75, 3.05) is 0 Å². The van der Waals surface area contributed by atoms with Crippen LogP contribution in [0.1, 0.15) is 1.43 Å². The van der Waals surface area contributed by atoms with Gasteiger partial charge in [-0.3, -0.25) is 0 Å². The van der Waals surface area contributed by atoms with E-state index >= 15 is 0 Å². The molecule has 0 saturated carbocycles. The molecule has 0 saturated heterocycles. The van der Waals surface area contributed by atoms with E-state index < -0.39 is 7.82 Å². The summed E-state index contributed by atoms with van der Waals surface area (Å²) in [5, 5.41) is 0. The molecule has 3 N–H and O–H groups in total. The Morgan fingerprint density at radius 3 is 1.25 bits per heavy atom. The predicted octanol–water partition coefficient (Wildman–Crippen LogP) is -3.82. The van der Waals surface area contributed by atoms with Crippen LogP contribution in [0.3, 0.4) is 0 Å². The van der Waals surface area contributed by atoms with Gasteiger partial charge in [0.2, 0.25) is 0 Å². The van der Waals surface area contributed by atoms with Gasteiger partial charge in [-0.25, -0.2) is 4.57 Å². The summed E-state index contributed by atoms with van der Waals surface area (Å²) in [4.78, 5) is 21.6. The fourth-order valence-corrected chi connectivity index (χ4v) is 0. The van der Waals surface area contributed by atoms with Crippen molar-refractivity contribution in [1.82, 2.24) is 0 Å². The maximum Gasteiger partial charge on any atom is 1.00 e. The Hall–Kier alpha value is 2.56. The van der Waals surface area contributed by atoms with Gasteiger partial charge in [-0.1, -0.05) is 0 Å². The van der Waals surface area contributed by atoms with E-state index in [-0.39, 0.29) is 75.1 Å². The Morgan fingerprint density at radius 1 is 1.25 bits per heavy atom. The quantitative estimate of drug-likeness (QED) is 0.309. The maximum atomic E-state index is 8.88. The molecule has 8 heteroatoms. The summed E-state index contributed by atoms with van der Waals surface area (Å²) < 4.78 is 8.88. The van der Waals surface area contributed by atoms with Gasteiger partial charge in [-0.05, 0) is 0 Å². The minimum absolute atomic E-state index is 0. The van der Waals surface area contributed by atoms with Gasteiger partial charge in [0.05, 0.1) is 0 Å². The number of rotatable bonds is 0. The topological polar surface area (TPSA) is 77.8 Å². The zero-order valence-electron chi connectivity index (χ0n) is 5.14. The van der Waals surface area contributed by atoms with Gasteiger partial charge in [0.1, 0.15) is 0 Å². The molecule has 0 aliphatic rings. The van der Waals surface area contributed by atoms with E-state index in [1.807, 2.05) is 0 Å². The molecule has 8 heavy (non-hydrogen) atoms. The summed E-state index contributed by atoms with van der Waals surface area (Å²) in [6.07, 6.45) is 0. The fourth-order valence-electron chi connectivity index (χ4n) is 0. The molecule has 0 atom stereocenters. The third-order valence-corrected chi connectivity index (χ3v) is 0. The monoisotopic (exact) mass is 263 g/mol. The van der Waals surface area contributed by atoms with Crippen LogP contribution < -0.4 is 29.6 Å². The van der Waals surface area contributed by atoms with Crippen LogP contribution in [0.4, 0.5) is 0 Å². The average Bonchev–Trinajstić information content (AvgIpc) is 0.722. The molecule has 0 unspecified atom stereocenters. The first-order valence-corrected chi connectivity index (χ1v) is 2.35. The molecule has 0 fully saturated rings. The normalized spacial score (nSPS) is 7.38.